The Morgan fingerprint density at radius 3 is 2.95 bits per heavy atom. The van der Waals surface area contributed by atoms with E-state index in [2.05, 4.69) is 6.92 Å². The smallest absolute Gasteiger partial charge is 0.345 e. The van der Waals surface area contributed by atoms with Gasteiger partial charge in [-0.2, -0.15) is 0 Å². The van der Waals surface area contributed by atoms with Crippen LogP contribution in [0.5, 0.6) is 0 Å². The molecular weight excluding hydrogens is 282 g/mol. The SMILES string of the molecule is CC1CCCCN1C(=O)CSc1csc(C(=O)O)c1. The molecule has 104 valence electrons. The van der Waals surface area contributed by atoms with Crippen LogP contribution in [0.2, 0.25) is 0 Å². The van der Waals surface area contributed by atoms with Gasteiger partial charge in [-0.1, -0.05) is 0 Å². The summed E-state index contributed by atoms with van der Waals surface area (Å²) in [6, 6.07) is 1.96. The first-order valence-electron chi connectivity index (χ1n) is 6.32. The molecule has 1 aromatic heterocycles. The van der Waals surface area contributed by atoms with Gasteiger partial charge in [-0.05, 0) is 32.3 Å². The van der Waals surface area contributed by atoms with Crippen LogP contribution in [-0.2, 0) is 4.79 Å². The summed E-state index contributed by atoms with van der Waals surface area (Å²) in [4.78, 5) is 26.0. The maximum Gasteiger partial charge on any atom is 0.345 e. The van der Waals surface area contributed by atoms with E-state index in [9.17, 15) is 9.59 Å². The fourth-order valence-electron chi connectivity index (χ4n) is 2.20. The summed E-state index contributed by atoms with van der Waals surface area (Å²) in [6.07, 6.45) is 3.37. The van der Waals surface area contributed by atoms with Gasteiger partial charge in [-0.25, -0.2) is 4.79 Å². The van der Waals surface area contributed by atoms with E-state index in [0.717, 1.165) is 24.3 Å². The second kappa shape index (κ2) is 6.43. The van der Waals surface area contributed by atoms with E-state index in [1.165, 1.54) is 29.5 Å². The molecule has 2 rings (SSSR count). The number of thiophene rings is 1. The van der Waals surface area contributed by atoms with Crippen LogP contribution in [0.25, 0.3) is 0 Å². The Labute approximate surface area is 120 Å². The van der Waals surface area contributed by atoms with Gasteiger partial charge >= 0.3 is 5.97 Å². The third kappa shape index (κ3) is 3.73. The monoisotopic (exact) mass is 299 g/mol. The maximum absolute atomic E-state index is 12.1. The zero-order valence-corrected chi connectivity index (χ0v) is 12.4. The first-order chi connectivity index (χ1) is 9.08. The standard InChI is InChI=1S/C13H17NO3S2/c1-9-4-2-3-5-14(9)12(15)8-18-10-6-11(13(16)17)19-7-10/h6-7,9H,2-5,8H2,1H3,(H,16,17). The van der Waals surface area contributed by atoms with Crippen molar-refractivity contribution in [3.05, 3.63) is 16.3 Å². The number of likely N-dealkylation sites (tertiary alicyclic amines) is 1. The lowest BCUT2D eigenvalue weighted by Crippen LogP contribution is -2.42. The van der Waals surface area contributed by atoms with Gasteiger partial charge in [0.25, 0.3) is 0 Å². The minimum absolute atomic E-state index is 0.153. The van der Waals surface area contributed by atoms with E-state index in [0.29, 0.717) is 16.7 Å². The molecule has 0 aromatic carbocycles. The predicted octanol–water partition coefficient (Wildman–Crippen LogP) is 2.94. The van der Waals surface area contributed by atoms with Gasteiger partial charge < -0.3 is 10.0 Å². The molecule has 1 N–H and O–H groups in total. The van der Waals surface area contributed by atoms with Gasteiger partial charge in [-0.15, -0.1) is 23.1 Å². The molecule has 0 spiro atoms. The van der Waals surface area contributed by atoms with Crippen molar-refractivity contribution in [2.24, 2.45) is 0 Å². The van der Waals surface area contributed by atoms with Crippen LogP contribution in [-0.4, -0.2) is 40.2 Å². The Hall–Kier alpha value is -1.01. The van der Waals surface area contributed by atoms with Crippen molar-refractivity contribution >= 4 is 35.0 Å². The molecule has 1 aliphatic heterocycles. The molecule has 1 unspecified atom stereocenters. The minimum Gasteiger partial charge on any atom is -0.477 e. The van der Waals surface area contributed by atoms with Crippen LogP contribution in [0.3, 0.4) is 0 Å². The van der Waals surface area contributed by atoms with E-state index in [1.807, 2.05) is 4.90 Å². The quantitative estimate of drug-likeness (QED) is 0.868. The highest BCUT2D eigenvalue weighted by molar-refractivity contribution is 8.00. The van der Waals surface area contributed by atoms with E-state index < -0.39 is 5.97 Å². The third-order valence-corrected chi connectivity index (χ3v) is 5.30. The molecule has 19 heavy (non-hydrogen) atoms. The van der Waals surface area contributed by atoms with Gasteiger partial charge in [0, 0.05) is 22.9 Å². The number of thioether (sulfide) groups is 1. The van der Waals surface area contributed by atoms with Crippen LogP contribution in [0.15, 0.2) is 16.3 Å². The molecule has 2 heterocycles. The second-order valence-corrected chi connectivity index (χ2v) is 6.63. The van der Waals surface area contributed by atoms with Crippen LogP contribution in [0, 0.1) is 0 Å². The van der Waals surface area contributed by atoms with Gasteiger partial charge in [-0.3, -0.25) is 4.79 Å². The Balaban J connectivity index is 1.87. The first-order valence-corrected chi connectivity index (χ1v) is 8.18. The highest BCUT2D eigenvalue weighted by Gasteiger charge is 2.23. The number of hydrogen-bond acceptors (Lipinski definition) is 4. The van der Waals surface area contributed by atoms with Crippen molar-refractivity contribution in [2.45, 2.75) is 37.1 Å². The highest BCUT2D eigenvalue weighted by Crippen LogP contribution is 2.26. The fraction of sp³-hybridized carbons (Fsp3) is 0.538. The number of carbonyl (C=O) groups excluding carboxylic acids is 1. The molecule has 0 radical (unpaired) electrons. The molecule has 1 aliphatic rings. The summed E-state index contributed by atoms with van der Waals surface area (Å²) in [5.74, 6) is -0.367. The number of carboxylic acids is 1. The van der Waals surface area contributed by atoms with Crippen molar-refractivity contribution < 1.29 is 14.7 Å². The average molecular weight is 299 g/mol. The van der Waals surface area contributed by atoms with Gasteiger partial charge in [0.2, 0.25) is 5.91 Å². The molecule has 1 saturated heterocycles. The molecule has 1 amide bonds. The summed E-state index contributed by atoms with van der Waals surface area (Å²) >= 11 is 2.62. The van der Waals surface area contributed by atoms with Crippen molar-refractivity contribution in [2.75, 3.05) is 12.3 Å². The Bertz CT molecular complexity index is 472. The highest BCUT2D eigenvalue weighted by atomic mass is 32.2. The number of nitrogens with zero attached hydrogens (tertiary/aromatic N) is 1. The van der Waals surface area contributed by atoms with E-state index in [4.69, 9.17) is 5.11 Å². The van der Waals surface area contributed by atoms with Crippen molar-refractivity contribution in [1.82, 2.24) is 4.90 Å². The minimum atomic E-state index is -0.909. The molecule has 0 bridgehead atoms. The normalized spacial score (nSPS) is 19.4. The van der Waals surface area contributed by atoms with Gasteiger partial charge in [0.1, 0.15) is 4.88 Å². The zero-order valence-electron chi connectivity index (χ0n) is 10.8. The average Bonchev–Trinajstić information content (AvgIpc) is 2.85. The zero-order chi connectivity index (χ0) is 13.8. The number of carboxylic acid groups (broad SMARTS) is 1. The second-order valence-electron chi connectivity index (χ2n) is 4.67. The van der Waals surface area contributed by atoms with Crippen molar-refractivity contribution in [3.63, 3.8) is 0 Å². The Kier molecular flexibility index (Phi) is 4.87. The maximum atomic E-state index is 12.1. The van der Waals surface area contributed by atoms with E-state index in [1.54, 1.807) is 11.4 Å². The van der Waals surface area contributed by atoms with Crippen molar-refractivity contribution in [1.29, 1.82) is 0 Å². The van der Waals surface area contributed by atoms with Crippen LogP contribution >= 0.6 is 23.1 Å². The molecule has 0 aliphatic carbocycles. The molecule has 1 aromatic rings. The van der Waals surface area contributed by atoms with Gasteiger partial charge in [0.05, 0.1) is 5.75 Å². The molecule has 6 heteroatoms. The first kappa shape index (κ1) is 14.4. The number of carbonyl (C=O) groups is 2. The largest absolute Gasteiger partial charge is 0.477 e. The predicted molar refractivity (Wildman–Crippen MR) is 77.0 cm³/mol. The fourth-order valence-corrected chi connectivity index (χ4v) is 3.96. The Morgan fingerprint density at radius 2 is 2.32 bits per heavy atom. The topological polar surface area (TPSA) is 57.6 Å². The summed E-state index contributed by atoms with van der Waals surface area (Å²) in [5, 5.41) is 10.6. The number of amides is 1. The van der Waals surface area contributed by atoms with Gasteiger partial charge in [0.15, 0.2) is 0 Å². The van der Waals surface area contributed by atoms with Crippen LogP contribution in [0.4, 0.5) is 0 Å². The number of hydrogen-bond donors (Lipinski definition) is 1. The van der Waals surface area contributed by atoms with Crippen LogP contribution in [0.1, 0.15) is 35.9 Å². The molecular formula is C13H17NO3S2. The van der Waals surface area contributed by atoms with Crippen LogP contribution < -0.4 is 0 Å². The lowest BCUT2D eigenvalue weighted by Gasteiger charge is -2.33. The third-order valence-electron chi connectivity index (χ3n) is 3.27. The molecule has 1 atom stereocenters. The summed E-state index contributed by atoms with van der Waals surface area (Å²) in [6.45, 7) is 2.94. The number of piperidine rings is 1. The van der Waals surface area contributed by atoms with E-state index in [-0.39, 0.29) is 5.91 Å². The summed E-state index contributed by atoms with van der Waals surface area (Å²) in [7, 11) is 0. The lowest BCUT2D eigenvalue weighted by molar-refractivity contribution is -0.131. The molecule has 4 nitrogen and oxygen atoms in total. The molecule has 0 saturated carbocycles. The number of aromatic carboxylic acids is 1. The number of rotatable bonds is 4. The Morgan fingerprint density at radius 1 is 1.53 bits per heavy atom. The van der Waals surface area contributed by atoms with Crippen molar-refractivity contribution in [3.8, 4) is 0 Å². The lowest BCUT2D eigenvalue weighted by atomic mass is 10.0. The summed E-state index contributed by atoms with van der Waals surface area (Å²) < 4.78 is 0. The summed E-state index contributed by atoms with van der Waals surface area (Å²) in [5.41, 5.74) is 0. The molecule has 1 fully saturated rings. The van der Waals surface area contributed by atoms with E-state index >= 15 is 0 Å².